The van der Waals surface area contributed by atoms with E-state index in [4.69, 9.17) is 21.1 Å². The predicted molar refractivity (Wildman–Crippen MR) is 66.6 cm³/mol. The Balaban J connectivity index is 2.21. The summed E-state index contributed by atoms with van der Waals surface area (Å²) >= 11 is 7.36. The van der Waals surface area contributed by atoms with Gasteiger partial charge in [0.2, 0.25) is 0 Å². The van der Waals surface area contributed by atoms with E-state index < -0.39 is 4.21 Å². The second-order valence-corrected chi connectivity index (χ2v) is 6.59. The summed E-state index contributed by atoms with van der Waals surface area (Å²) < 4.78 is 9.54. The molecule has 1 heterocycles. The van der Waals surface area contributed by atoms with Crippen LogP contribution in [0.3, 0.4) is 0 Å². The summed E-state index contributed by atoms with van der Waals surface area (Å²) in [6.45, 7) is 6.49. The van der Waals surface area contributed by atoms with E-state index in [1.165, 1.54) is 11.8 Å². The summed E-state index contributed by atoms with van der Waals surface area (Å²) in [5.41, 5.74) is -0.214. The summed E-state index contributed by atoms with van der Waals surface area (Å²) in [5.74, 6) is -0.387. The Kier molecular flexibility index (Phi) is 4.71. The van der Waals surface area contributed by atoms with Gasteiger partial charge in [0.25, 0.3) is 0 Å². The van der Waals surface area contributed by atoms with Gasteiger partial charge in [-0.15, -0.1) is 0 Å². The van der Waals surface area contributed by atoms with Crippen molar-refractivity contribution >= 4 is 29.3 Å². The van der Waals surface area contributed by atoms with Crippen molar-refractivity contribution in [2.24, 2.45) is 0 Å². The fourth-order valence-electron chi connectivity index (χ4n) is 1.13. The quantitative estimate of drug-likeness (QED) is 0.444. The van der Waals surface area contributed by atoms with E-state index in [1.807, 2.05) is 32.3 Å². The van der Waals surface area contributed by atoms with Crippen LogP contribution < -0.4 is 0 Å². The molecule has 0 aliphatic carbocycles. The van der Waals surface area contributed by atoms with Crippen molar-refractivity contribution in [3.05, 3.63) is 11.5 Å². The molecule has 1 rings (SSSR count). The van der Waals surface area contributed by atoms with Crippen LogP contribution in [0.1, 0.15) is 27.2 Å². The van der Waals surface area contributed by atoms with E-state index in [0.717, 1.165) is 0 Å². The Morgan fingerprint density at radius 2 is 2.19 bits per heavy atom. The lowest BCUT2D eigenvalue weighted by Crippen LogP contribution is -2.30. The highest BCUT2D eigenvalue weighted by atomic mass is 35.5. The number of hydrogen-bond donors (Lipinski definition) is 0. The zero-order valence-electron chi connectivity index (χ0n) is 9.79. The fourth-order valence-corrected chi connectivity index (χ4v) is 2.18. The lowest BCUT2D eigenvalue weighted by atomic mass is 10.2. The molecular formula is C11H17ClO3S. The molecule has 0 amide bonds. The Labute approximate surface area is 106 Å². The van der Waals surface area contributed by atoms with E-state index >= 15 is 0 Å². The van der Waals surface area contributed by atoms with Crippen LogP contribution in [-0.4, -0.2) is 29.0 Å². The van der Waals surface area contributed by atoms with Crippen molar-refractivity contribution in [2.45, 2.75) is 37.0 Å². The second-order valence-electron chi connectivity index (χ2n) is 4.52. The Morgan fingerprint density at radius 1 is 1.50 bits per heavy atom. The summed E-state index contributed by atoms with van der Waals surface area (Å²) in [6, 6.07) is 0. The normalized spacial score (nSPS) is 24.8. The van der Waals surface area contributed by atoms with Gasteiger partial charge < -0.3 is 9.47 Å². The molecule has 0 aromatic rings. The van der Waals surface area contributed by atoms with Gasteiger partial charge in [-0.05, 0) is 26.2 Å². The molecule has 0 saturated heterocycles. The number of carbonyl (C=O) groups excluding carboxylic acids is 1. The van der Waals surface area contributed by atoms with Gasteiger partial charge in [0.15, 0.2) is 4.21 Å². The third-order valence-corrected chi connectivity index (χ3v) is 3.50. The number of esters is 1. The predicted octanol–water partition coefficient (Wildman–Crippen LogP) is 2.93. The molecule has 0 fully saturated rings. The van der Waals surface area contributed by atoms with Crippen LogP contribution in [0, 0.1) is 0 Å². The van der Waals surface area contributed by atoms with Crippen molar-refractivity contribution in [3.8, 4) is 0 Å². The molecule has 0 saturated carbocycles. The Hall–Kier alpha value is -0.190. The first-order chi connectivity index (χ1) is 7.33. The summed E-state index contributed by atoms with van der Waals surface area (Å²) in [5, 5.41) is 1.82. The number of ether oxygens (including phenoxy) is 2. The van der Waals surface area contributed by atoms with Gasteiger partial charge in [-0.25, -0.2) is 4.79 Å². The topological polar surface area (TPSA) is 35.5 Å². The van der Waals surface area contributed by atoms with Crippen molar-refractivity contribution in [3.63, 3.8) is 0 Å². The first kappa shape index (κ1) is 13.9. The largest absolute Gasteiger partial charge is 0.461 e. The zero-order chi connectivity index (χ0) is 12.2. The molecule has 1 aliphatic heterocycles. The van der Waals surface area contributed by atoms with Crippen LogP contribution in [0.15, 0.2) is 11.5 Å². The van der Waals surface area contributed by atoms with E-state index in [9.17, 15) is 4.79 Å². The highest BCUT2D eigenvalue weighted by Crippen LogP contribution is 2.41. The maximum absolute atomic E-state index is 11.6. The zero-order valence-corrected chi connectivity index (χ0v) is 11.4. The highest BCUT2D eigenvalue weighted by molar-refractivity contribution is 8.05. The molecule has 0 radical (unpaired) electrons. The molecule has 0 aromatic carbocycles. The van der Waals surface area contributed by atoms with Gasteiger partial charge in [-0.2, -0.15) is 0 Å². The van der Waals surface area contributed by atoms with Gasteiger partial charge in [0, 0.05) is 6.42 Å². The number of alkyl halides is 1. The van der Waals surface area contributed by atoms with Gasteiger partial charge >= 0.3 is 5.97 Å². The van der Waals surface area contributed by atoms with Gasteiger partial charge in [0.1, 0.15) is 6.61 Å². The van der Waals surface area contributed by atoms with Crippen LogP contribution in [0.2, 0.25) is 0 Å². The minimum Gasteiger partial charge on any atom is -0.461 e. The summed E-state index contributed by atoms with van der Waals surface area (Å²) in [4.78, 5) is 11.6. The number of halogens is 1. The van der Waals surface area contributed by atoms with Gasteiger partial charge in [-0.1, -0.05) is 29.4 Å². The molecule has 1 atom stereocenters. The molecule has 0 bridgehead atoms. The molecular weight excluding hydrogens is 248 g/mol. The van der Waals surface area contributed by atoms with Crippen LogP contribution in [0.4, 0.5) is 0 Å². The Bertz CT molecular complexity index is 275. The van der Waals surface area contributed by atoms with Crippen LogP contribution in [-0.2, 0) is 14.3 Å². The van der Waals surface area contributed by atoms with E-state index in [2.05, 4.69) is 0 Å². The SMILES string of the molecule is CC(C)(C)OCCOC(=O)C1(Cl)CC=CS1. The third kappa shape index (κ3) is 4.36. The van der Waals surface area contributed by atoms with Crippen molar-refractivity contribution < 1.29 is 14.3 Å². The average Bonchev–Trinajstić information content (AvgIpc) is 2.59. The van der Waals surface area contributed by atoms with E-state index in [-0.39, 0.29) is 18.2 Å². The first-order valence-electron chi connectivity index (χ1n) is 5.16. The highest BCUT2D eigenvalue weighted by Gasteiger charge is 2.39. The fraction of sp³-hybridized carbons (Fsp3) is 0.727. The smallest absolute Gasteiger partial charge is 0.338 e. The lowest BCUT2D eigenvalue weighted by molar-refractivity contribution is -0.147. The molecule has 1 aliphatic rings. The summed E-state index contributed by atoms with van der Waals surface area (Å²) in [7, 11) is 0. The van der Waals surface area contributed by atoms with Crippen LogP contribution >= 0.6 is 23.4 Å². The number of carbonyl (C=O) groups is 1. The maximum Gasteiger partial charge on any atom is 0.338 e. The summed E-state index contributed by atoms with van der Waals surface area (Å²) in [6.07, 6.45) is 2.38. The second kappa shape index (κ2) is 5.43. The lowest BCUT2D eigenvalue weighted by Gasteiger charge is -2.21. The Morgan fingerprint density at radius 3 is 2.69 bits per heavy atom. The molecule has 1 unspecified atom stereocenters. The molecule has 3 nitrogen and oxygen atoms in total. The number of rotatable bonds is 4. The molecule has 16 heavy (non-hydrogen) atoms. The van der Waals surface area contributed by atoms with Crippen molar-refractivity contribution in [1.82, 2.24) is 0 Å². The molecule has 92 valence electrons. The number of allylic oxidation sites excluding steroid dienone is 1. The molecule has 0 aromatic heterocycles. The molecule has 0 N–H and O–H groups in total. The van der Waals surface area contributed by atoms with Crippen LogP contribution in [0.5, 0.6) is 0 Å². The van der Waals surface area contributed by atoms with Crippen LogP contribution in [0.25, 0.3) is 0 Å². The molecule has 5 heteroatoms. The number of hydrogen-bond acceptors (Lipinski definition) is 4. The maximum atomic E-state index is 11.6. The standard InChI is InChI=1S/C11H17ClO3S/c1-10(2,3)15-7-6-14-9(13)11(12)5-4-8-16-11/h4,8H,5-7H2,1-3H3. The average molecular weight is 265 g/mol. The number of thioether (sulfide) groups is 1. The third-order valence-electron chi connectivity index (χ3n) is 1.89. The van der Waals surface area contributed by atoms with E-state index in [0.29, 0.717) is 13.0 Å². The first-order valence-corrected chi connectivity index (χ1v) is 6.42. The minimum atomic E-state index is -0.957. The van der Waals surface area contributed by atoms with Crippen molar-refractivity contribution in [1.29, 1.82) is 0 Å². The molecule has 0 spiro atoms. The minimum absolute atomic E-state index is 0.214. The van der Waals surface area contributed by atoms with Crippen molar-refractivity contribution in [2.75, 3.05) is 13.2 Å². The monoisotopic (exact) mass is 264 g/mol. The van der Waals surface area contributed by atoms with Gasteiger partial charge in [-0.3, -0.25) is 0 Å². The van der Waals surface area contributed by atoms with E-state index in [1.54, 1.807) is 0 Å². The van der Waals surface area contributed by atoms with Gasteiger partial charge in [0.05, 0.1) is 12.2 Å².